The fourth-order valence-corrected chi connectivity index (χ4v) is 16.7. The van der Waals surface area contributed by atoms with Crippen LogP contribution < -0.4 is 31.9 Å². The molecule has 0 spiro atoms. The number of Topliss-reactive ketones (excluding diaryl/α,β-unsaturated/α-hetero) is 2. The molecule has 2 heterocycles. The van der Waals surface area contributed by atoms with Gasteiger partial charge in [0.1, 0.15) is 32.9 Å². The predicted molar refractivity (Wildman–Crippen MR) is 513 cm³/mol. The standard InChI is InChI=1S/C95H141BrN14O22S2/c1-24-27-84(121)109(40-35-80(117)97-38-33-82(119)101-68-46-62(28-30-74(68)113)44-64(42-58(10)92(127)128)99-86(123)70-52-133-88(103-70)76(131-60(12)111)50-72(54(4)5)107(22)90(125)66(56(8)25-2)48-78(115)94(14,15)105(18)19)110(85(122)32-37-96)41-36-81(118)98-39-34-83(120)102-69-47-63(29-31-75(69)114)45-65(43-59(11)93(129)130)100-87(124)71-53-134-89(104-71)77(132-61(13)112)51-73(55(6)7)108(23)91(126)67(57(9)26-3)49-79(116)95(16,17)106(20)21/h24,27-32,37,46-47,52-59,64-67,72-73,76-77,113-114H,25-26,33-36,38-45,48-51H2,1-23H3,(H,97,117)(H,98,118)(H,99,123)(H,100,124)(H,101,119)(H,102,120)(H,127,128)(H,129,130)/b27-24+,37-32+/t56-,57-,58?,59?,64+,65+,66-,67-,72+,73+,76+,77+/m0/s1. The lowest BCUT2D eigenvalue weighted by atomic mass is 9.81. The highest BCUT2D eigenvalue weighted by molar-refractivity contribution is 9.11. The Labute approximate surface area is 803 Å². The third kappa shape index (κ3) is 35.7. The van der Waals surface area contributed by atoms with Crippen LogP contribution in [0.15, 0.2) is 70.4 Å². The molecule has 0 saturated heterocycles. The van der Waals surface area contributed by atoms with Gasteiger partial charge >= 0.3 is 23.9 Å². The van der Waals surface area contributed by atoms with E-state index in [0.717, 1.165) is 44.8 Å². The summed E-state index contributed by atoms with van der Waals surface area (Å²) in [5.41, 5.74) is -1.01. The zero-order valence-electron chi connectivity index (χ0n) is 81.6. The second kappa shape index (κ2) is 54.6. The number of carbonyl (C=O) groups is 16. The molecule has 10 N–H and O–H groups in total. The molecular weight excluding hydrogens is 1830 g/mol. The number of ketones is 2. The number of benzene rings is 2. The Morgan fingerprint density at radius 1 is 0.507 bits per heavy atom. The van der Waals surface area contributed by atoms with E-state index in [1.165, 1.54) is 85.9 Å². The van der Waals surface area contributed by atoms with Crippen molar-refractivity contribution in [3.8, 4) is 11.5 Å². The number of likely N-dealkylation sites (N-methyl/N-ethyl adjacent to an activating group) is 2. The summed E-state index contributed by atoms with van der Waals surface area (Å²) in [4.78, 5) is 233. The zero-order valence-corrected chi connectivity index (χ0v) is 84.9. The van der Waals surface area contributed by atoms with E-state index in [-0.39, 0.29) is 169 Å². The lowest BCUT2D eigenvalue weighted by molar-refractivity contribution is -0.158. The first-order valence-corrected chi connectivity index (χ1v) is 47.9. The average Bonchev–Trinajstić information content (AvgIpc) is 1.16. The molecule has 134 heavy (non-hydrogen) atoms. The summed E-state index contributed by atoms with van der Waals surface area (Å²) in [6, 6.07) is 5.72. The maximum atomic E-state index is 14.5. The van der Waals surface area contributed by atoms with E-state index in [1.54, 1.807) is 30.8 Å². The molecule has 0 aliphatic rings. The first-order chi connectivity index (χ1) is 62.6. The number of phenolic OH excluding ortho intramolecular Hbond substituents is 2. The number of carboxylic acids is 2. The van der Waals surface area contributed by atoms with Crippen LogP contribution in [-0.4, -0.2) is 258 Å². The molecular formula is C95H141BrN14O22S2. The van der Waals surface area contributed by atoms with Gasteiger partial charge < -0.3 is 71.6 Å². The minimum atomic E-state index is -1.15. The number of thiazole rings is 2. The summed E-state index contributed by atoms with van der Waals surface area (Å²) in [7, 11) is 10.6. The third-order valence-electron chi connectivity index (χ3n) is 24.7. The van der Waals surface area contributed by atoms with Gasteiger partial charge in [-0.25, -0.2) is 20.0 Å². The monoisotopic (exact) mass is 1970 g/mol. The van der Waals surface area contributed by atoms with Crippen LogP contribution in [-0.2, 0) is 89.4 Å². The molecule has 36 nitrogen and oxygen atoms in total. The Bertz CT molecular complexity index is 4500. The molecule has 12 atom stereocenters. The van der Waals surface area contributed by atoms with Crippen LogP contribution in [0.4, 0.5) is 11.4 Å². The van der Waals surface area contributed by atoms with Gasteiger partial charge in [-0.05, 0) is 153 Å². The van der Waals surface area contributed by atoms with Gasteiger partial charge in [-0.1, -0.05) is 116 Å². The van der Waals surface area contributed by atoms with Gasteiger partial charge in [0, 0.05) is 151 Å². The first kappa shape index (κ1) is 115. The summed E-state index contributed by atoms with van der Waals surface area (Å²) >= 11 is 5.17. The molecule has 39 heteroatoms. The summed E-state index contributed by atoms with van der Waals surface area (Å²) in [6.45, 7) is 28.4. The molecule has 4 aromatic rings. The van der Waals surface area contributed by atoms with E-state index in [2.05, 4.69) is 57.8 Å². The fourth-order valence-electron chi connectivity index (χ4n) is 14.8. The summed E-state index contributed by atoms with van der Waals surface area (Å²) in [6.07, 6.45) is 1.40. The zero-order chi connectivity index (χ0) is 101. The Kier molecular flexibility index (Phi) is 47.0. The van der Waals surface area contributed by atoms with Crippen molar-refractivity contribution < 1.29 is 107 Å². The number of allylic oxidation sites excluding steroid dienone is 1. The van der Waals surface area contributed by atoms with E-state index in [1.807, 2.05) is 121 Å². The van der Waals surface area contributed by atoms with Crippen LogP contribution in [0.1, 0.15) is 249 Å². The van der Waals surface area contributed by atoms with E-state index < -0.39 is 168 Å². The van der Waals surface area contributed by atoms with E-state index >= 15 is 0 Å². The topological polar surface area (TPSA) is 490 Å². The number of halogens is 1. The number of nitrogens with zero attached hydrogens (tertiary/aromatic N) is 8. The van der Waals surface area contributed by atoms with Crippen LogP contribution in [0.3, 0.4) is 0 Å². The predicted octanol–water partition coefficient (Wildman–Crippen LogP) is 11.2. The summed E-state index contributed by atoms with van der Waals surface area (Å²) in [5, 5.41) is 63.4. The molecule has 10 amide bonds. The Hall–Kier alpha value is -10.9. The van der Waals surface area contributed by atoms with Gasteiger partial charge in [0.25, 0.3) is 23.6 Å². The number of carboxylic acid groups (broad SMARTS) is 2. The number of nitrogens with one attached hydrogen (secondary N) is 6. The van der Waals surface area contributed by atoms with Gasteiger partial charge in [0.15, 0.2) is 23.8 Å². The average molecular weight is 1980 g/mol. The van der Waals surface area contributed by atoms with Crippen molar-refractivity contribution in [1.82, 2.24) is 60.9 Å². The highest BCUT2D eigenvalue weighted by Gasteiger charge is 2.43. The molecule has 0 fully saturated rings. The molecule has 0 aliphatic carbocycles. The number of phenols is 2. The maximum absolute atomic E-state index is 14.5. The van der Waals surface area contributed by atoms with Crippen LogP contribution in [0, 0.1) is 47.3 Å². The number of ether oxygens (including phenoxy) is 2. The van der Waals surface area contributed by atoms with Crippen molar-refractivity contribution >= 4 is 144 Å². The largest absolute Gasteiger partial charge is 0.506 e. The van der Waals surface area contributed by atoms with Crippen LogP contribution in [0.25, 0.3) is 0 Å². The van der Waals surface area contributed by atoms with Gasteiger partial charge in [0.2, 0.25) is 35.4 Å². The number of esters is 2. The molecule has 0 saturated carbocycles. The van der Waals surface area contributed by atoms with Crippen molar-refractivity contribution in [1.29, 1.82) is 0 Å². The van der Waals surface area contributed by atoms with Crippen molar-refractivity contribution in [2.75, 3.05) is 79.1 Å². The quantitative estimate of drug-likeness (QED) is 0.00849. The summed E-state index contributed by atoms with van der Waals surface area (Å²) < 4.78 is 11.7. The number of amides is 10. The van der Waals surface area contributed by atoms with Crippen molar-refractivity contribution in [3.63, 3.8) is 0 Å². The van der Waals surface area contributed by atoms with Crippen molar-refractivity contribution in [2.24, 2.45) is 47.3 Å². The van der Waals surface area contributed by atoms with Crippen LogP contribution in [0.5, 0.6) is 11.5 Å². The second-order valence-corrected chi connectivity index (χ2v) is 38.7. The molecule has 2 aromatic heterocycles. The second-order valence-electron chi connectivity index (χ2n) is 36.4. The first-order valence-electron chi connectivity index (χ1n) is 45.2. The van der Waals surface area contributed by atoms with Crippen LogP contribution in [0.2, 0.25) is 0 Å². The van der Waals surface area contributed by atoms with E-state index in [9.17, 15) is 97.1 Å². The number of aromatic nitrogens is 2. The van der Waals surface area contributed by atoms with E-state index in [0.29, 0.717) is 24.0 Å². The normalized spacial score (nSPS) is 14.5. The number of carbonyl (C=O) groups excluding carboxylic acids is 14. The molecule has 2 unspecified atom stereocenters. The summed E-state index contributed by atoms with van der Waals surface area (Å²) in [5.74, 6) is -14.3. The number of rotatable bonds is 56. The highest BCUT2D eigenvalue weighted by atomic mass is 79.9. The Morgan fingerprint density at radius 2 is 0.858 bits per heavy atom. The maximum Gasteiger partial charge on any atom is 0.306 e. The number of hydrazine groups is 1. The molecule has 0 aliphatic heterocycles. The Morgan fingerprint density at radius 3 is 1.16 bits per heavy atom. The molecule has 4 rings (SSSR count). The Balaban J connectivity index is 1.40. The number of hydrogen-bond donors (Lipinski definition) is 10. The fraction of sp³-hybridized carbons (Fsp3) is 0.600. The lowest BCUT2D eigenvalue weighted by Gasteiger charge is -2.38. The smallest absolute Gasteiger partial charge is 0.306 e. The minimum absolute atomic E-state index is 0.00813. The van der Waals surface area contributed by atoms with Gasteiger partial charge in [-0.15, -0.1) is 22.7 Å². The highest BCUT2D eigenvalue weighted by Crippen LogP contribution is 2.37. The number of aliphatic carboxylic acids is 2. The number of hydrogen-bond acceptors (Lipinski definition) is 26. The lowest BCUT2D eigenvalue weighted by Crippen LogP contribution is -2.51. The van der Waals surface area contributed by atoms with Gasteiger partial charge in [-0.2, -0.15) is 0 Å². The number of aromatic hydroxyl groups is 2. The van der Waals surface area contributed by atoms with E-state index in [4.69, 9.17) is 9.47 Å². The van der Waals surface area contributed by atoms with Gasteiger partial charge in [0.05, 0.1) is 47.4 Å². The van der Waals surface area contributed by atoms with Crippen molar-refractivity contribution in [3.05, 3.63) is 103 Å². The third-order valence-corrected chi connectivity index (χ3v) is 26.9. The van der Waals surface area contributed by atoms with Gasteiger partial charge in [-0.3, -0.25) is 86.5 Å². The molecule has 0 radical (unpaired) electrons. The van der Waals surface area contributed by atoms with Crippen molar-refractivity contribution in [2.45, 2.75) is 255 Å². The molecule has 0 bridgehead atoms. The molecule has 2 aromatic carbocycles. The SMILES string of the molecule is C/C=C/C(=O)N(CCC(=O)NCCC(=O)Nc1cc(C[C@@H](CC(C)C(=O)O)NC(=O)c2csc([C@@H](C[C@H](C(C)C)N(C)C(=O)[C@@H](CC(=O)C(C)(C)N(C)C)[C@@H](C)CC)OC(C)=O)n2)ccc1O)N(CCC(=O)NCCC(=O)Nc1cc(C[C@@H](CC(C)C(=O)O)NC(=O)c2csc([C@@H](C[C@H](C(C)C)N(C)C(=O)[C@@H](CC(=O)C(C)(C)N(C)C)[C@@H](C)CC)OC(C)=O)n2)ccc1O)C(=O)/C=C/Br. The molecule has 742 valence electrons. The minimum Gasteiger partial charge on any atom is -0.506 e. The number of anilines is 2. The van der Waals surface area contributed by atoms with Crippen LogP contribution >= 0.6 is 38.6 Å².